The van der Waals surface area contributed by atoms with Crippen LogP contribution in [0.4, 0.5) is 0 Å². The third-order valence-electron chi connectivity index (χ3n) is 3.53. The van der Waals surface area contributed by atoms with Crippen molar-refractivity contribution < 1.29 is 0 Å². The van der Waals surface area contributed by atoms with Crippen molar-refractivity contribution in [3.8, 4) is 0 Å². The Morgan fingerprint density at radius 1 is 1.10 bits per heavy atom. The van der Waals surface area contributed by atoms with E-state index in [1.54, 1.807) is 0 Å². The zero-order valence-electron chi connectivity index (χ0n) is 11.8. The van der Waals surface area contributed by atoms with Crippen LogP contribution in [0.15, 0.2) is 42.5 Å². The molecule has 0 aliphatic carbocycles. The van der Waals surface area contributed by atoms with Crippen LogP contribution in [-0.4, -0.2) is 6.54 Å². The lowest BCUT2D eigenvalue weighted by molar-refractivity contribution is 0.576. The monoisotopic (exact) mass is 307 g/mol. The molecule has 0 saturated heterocycles. The molecule has 2 aromatic carbocycles. The maximum Gasteiger partial charge on any atom is 0.0454 e. The van der Waals surface area contributed by atoms with Crippen molar-refractivity contribution in [3.63, 3.8) is 0 Å². The Balaban J connectivity index is 1.94. The predicted octanol–water partition coefficient (Wildman–Crippen LogP) is 5.20. The summed E-state index contributed by atoms with van der Waals surface area (Å²) < 4.78 is 0. The molecule has 0 aromatic heterocycles. The van der Waals surface area contributed by atoms with Gasteiger partial charge in [-0.05, 0) is 61.7 Å². The zero-order chi connectivity index (χ0) is 14.5. The van der Waals surface area contributed by atoms with Gasteiger partial charge in [-0.1, -0.05) is 47.5 Å². The number of hydrogen-bond acceptors (Lipinski definition) is 1. The number of halogens is 2. The minimum atomic E-state index is 0.185. The second kappa shape index (κ2) is 7.12. The van der Waals surface area contributed by atoms with E-state index in [4.69, 9.17) is 23.2 Å². The van der Waals surface area contributed by atoms with Gasteiger partial charge in [-0.25, -0.2) is 0 Å². The minimum absolute atomic E-state index is 0.185. The van der Waals surface area contributed by atoms with Gasteiger partial charge < -0.3 is 5.32 Å². The summed E-state index contributed by atoms with van der Waals surface area (Å²) in [4.78, 5) is 0. The Hall–Kier alpha value is -1.02. The summed E-state index contributed by atoms with van der Waals surface area (Å²) in [6.07, 6.45) is 1.01. The van der Waals surface area contributed by atoms with Crippen LogP contribution >= 0.6 is 23.2 Å². The van der Waals surface area contributed by atoms with Crippen molar-refractivity contribution in [2.45, 2.75) is 26.3 Å². The summed E-state index contributed by atoms with van der Waals surface area (Å²) in [5.41, 5.74) is 3.76. The summed E-state index contributed by atoms with van der Waals surface area (Å²) in [6, 6.07) is 14.2. The molecule has 0 saturated carbocycles. The summed E-state index contributed by atoms with van der Waals surface area (Å²) in [5.74, 6) is 0. The Morgan fingerprint density at radius 3 is 2.60 bits per heavy atom. The van der Waals surface area contributed by atoms with E-state index < -0.39 is 0 Å². The molecule has 1 unspecified atom stereocenters. The number of aryl methyl sites for hydroxylation is 1. The van der Waals surface area contributed by atoms with Gasteiger partial charge in [0.15, 0.2) is 0 Å². The fourth-order valence-electron chi connectivity index (χ4n) is 2.27. The molecule has 1 N–H and O–H groups in total. The molecule has 2 rings (SSSR count). The molecule has 20 heavy (non-hydrogen) atoms. The molecular weight excluding hydrogens is 289 g/mol. The van der Waals surface area contributed by atoms with E-state index in [1.807, 2.05) is 18.2 Å². The van der Waals surface area contributed by atoms with Crippen LogP contribution in [0.2, 0.25) is 10.0 Å². The van der Waals surface area contributed by atoms with Crippen LogP contribution in [0.5, 0.6) is 0 Å². The zero-order valence-corrected chi connectivity index (χ0v) is 13.3. The highest BCUT2D eigenvalue weighted by Crippen LogP contribution is 2.26. The van der Waals surface area contributed by atoms with Gasteiger partial charge in [0.05, 0.1) is 0 Å². The van der Waals surface area contributed by atoms with E-state index in [9.17, 15) is 0 Å². The number of nitrogens with one attached hydrogen (secondary N) is 1. The summed E-state index contributed by atoms with van der Waals surface area (Å²) in [6.45, 7) is 5.16. The molecule has 0 amide bonds. The molecule has 1 atom stereocenters. The Kier molecular flexibility index (Phi) is 5.47. The molecule has 0 aliphatic rings. The van der Waals surface area contributed by atoms with Crippen LogP contribution in [0.25, 0.3) is 0 Å². The lowest BCUT2D eigenvalue weighted by Crippen LogP contribution is -2.21. The van der Waals surface area contributed by atoms with Gasteiger partial charge in [0.1, 0.15) is 0 Å². The van der Waals surface area contributed by atoms with Gasteiger partial charge >= 0.3 is 0 Å². The molecule has 1 nitrogen and oxygen atoms in total. The second-order valence-electron chi connectivity index (χ2n) is 5.02. The van der Waals surface area contributed by atoms with Crippen LogP contribution in [0, 0.1) is 6.92 Å². The van der Waals surface area contributed by atoms with Crippen molar-refractivity contribution >= 4 is 23.2 Å². The molecule has 2 aromatic rings. The highest BCUT2D eigenvalue weighted by atomic mass is 35.5. The smallest absolute Gasteiger partial charge is 0.0454 e. The fourth-order valence-corrected chi connectivity index (χ4v) is 2.73. The predicted molar refractivity (Wildman–Crippen MR) is 87.8 cm³/mol. The van der Waals surface area contributed by atoms with Gasteiger partial charge in [-0.3, -0.25) is 0 Å². The first-order valence-electron chi connectivity index (χ1n) is 6.81. The summed E-state index contributed by atoms with van der Waals surface area (Å²) in [7, 11) is 0. The van der Waals surface area contributed by atoms with E-state index in [0.29, 0.717) is 0 Å². The van der Waals surface area contributed by atoms with E-state index >= 15 is 0 Å². The Bertz CT molecular complexity index is 581. The van der Waals surface area contributed by atoms with Crippen molar-refractivity contribution in [2.24, 2.45) is 0 Å². The largest absolute Gasteiger partial charge is 0.310 e. The molecule has 0 radical (unpaired) electrons. The Morgan fingerprint density at radius 2 is 1.85 bits per heavy atom. The van der Waals surface area contributed by atoms with Crippen LogP contribution in [0.3, 0.4) is 0 Å². The second-order valence-corrected chi connectivity index (χ2v) is 5.86. The highest BCUT2D eigenvalue weighted by molar-refractivity contribution is 6.33. The number of benzene rings is 2. The van der Waals surface area contributed by atoms with E-state index in [1.165, 1.54) is 11.1 Å². The van der Waals surface area contributed by atoms with Crippen LogP contribution in [-0.2, 0) is 6.42 Å². The molecule has 0 bridgehead atoms. The molecule has 3 heteroatoms. The van der Waals surface area contributed by atoms with Gasteiger partial charge in [-0.15, -0.1) is 0 Å². The first-order chi connectivity index (χ1) is 9.58. The average molecular weight is 308 g/mol. The van der Waals surface area contributed by atoms with Gasteiger partial charge in [0.25, 0.3) is 0 Å². The van der Waals surface area contributed by atoms with Crippen LogP contribution < -0.4 is 5.32 Å². The lowest BCUT2D eigenvalue weighted by Gasteiger charge is -2.16. The minimum Gasteiger partial charge on any atom is -0.310 e. The highest BCUT2D eigenvalue weighted by Gasteiger charge is 2.09. The number of hydrogen-bond donors (Lipinski definition) is 1. The Labute approximate surface area is 130 Å². The van der Waals surface area contributed by atoms with Gasteiger partial charge in [-0.2, -0.15) is 0 Å². The van der Waals surface area contributed by atoms with Gasteiger partial charge in [0, 0.05) is 16.1 Å². The molecule has 0 aliphatic heterocycles. The average Bonchev–Trinajstić information content (AvgIpc) is 2.43. The van der Waals surface area contributed by atoms with Crippen molar-refractivity contribution in [2.75, 3.05) is 6.54 Å². The van der Waals surface area contributed by atoms with E-state index in [-0.39, 0.29) is 6.04 Å². The van der Waals surface area contributed by atoms with Crippen molar-refractivity contribution in [3.05, 3.63) is 69.2 Å². The van der Waals surface area contributed by atoms with Crippen molar-refractivity contribution in [1.82, 2.24) is 5.32 Å². The third kappa shape index (κ3) is 3.99. The quantitative estimate of drug-likeness (QED) is 0.801. The molecule has 0 fully saturated rings. The van der Waals surface area contributed by atoms with E-state index in [2.05, 4.69) is 43.4 Å². The first-order valence-corrected chi connectivity index (χ1v) is 7.56. The molecule has 106 valence electrons. The van der Waals surface area contributed by atoms with Gasteiger partial charge in [0.2, 0.25) is 0 Å². The maximum atomic E-state index is 6.21. The molecular formula is C17H19Cl2N. The topological polar surface area (TPSA) is 12.0 Å². The van der Waals surface area contributed by atoms with Crippen LogP contribution in [0.1, 0.15) is 29.7 Å². The van der Waals surface area contributed by atoms with E-state index in [0.717, 1.165) is 28.6 Å². The fraction of sp³-hybridized carbons (Fsp3) is 0.294. The summed E-state index contributed by atoms with van der Waals surface area (Å²) >= 11 is 12.2. The number of rotatable bonds is 5. The lowest BCUT2D eigenvalue weighted by atomic mass is 10.0. The molecule has 0 heterocycles. The SMILES string of the molecule is Cc1ccccc1CCNC(C)c1cc(Cl)ccc1Cl. The summed E-state index contributed by atoms with van der Waals surface area (Å²) in [5, 5.41) is 4.97. The van der Waals surface area contributed by atoms with Crippen molar-refractivity contribution in [1.29, 1.82) is 0 Å². The standard InChI is InChI=1S/C17H19Cl2N/c1-12-5-3-4-6-14(12)9-10-20-13(2)16-11-15(18)7-8-17(16)19/h3-8,11,13,20H,9-10H2,1-2H3. The molecule has 0 spiro atoms. The first kappa shape index (κ1) is 15.4. The normalized spacial score (nSPS) is 12.4. The third-order valence-corrected chi connectivity index (χ3v) is 4.11. The maximum absolute atomic E-state index is 6.21.